The number of hydrogen-bond acceptors (Lipinski definition) is 7. The normalized spacial score (nSPS) is 10.5. The summed E-state index contributed by atoms with van der Waals surface area (Å²) < 4.78 is 8.28. The Morgan fingerprint density at radius 2 is 1.71 bits per heavy atom. The first kappa shape index (κ1) is 23.7. The number of para-hydroxylation sites is 3. The van der Waals surface area contributed by atoms with Crippen molar-refractivity contribution in [2.75, 3.05) is 23.5 Å². The monoisotopic (exact) mass is 508 g/mol. The van der Waals surface area contributed by atoms with Crippen LogP contribution >= 0.6 is 35.3 Å². The lowest BCUT2D eigenvalue weighted by Gasteiger charge is -2.10. The van der Waals surface area contributed by atoms with Crippen LogP contribution in [0.3, 0.4) is 0 Å². The topological polar surface area (TPSA) is 85.2 Å². The number of carbonyl (C=O) groups is 2. The molecular formula is C24H20N4O3S3. The molecule has 0 bridgehead atoms. The zero-order valence-electron chi connectivity index (χ0n) is 18.1. The van der Waals surface area contributed by atoms with Crippen molar-refractivity contribution in [1.29, 1.82) is 0 Å². The Bertz CT molecular complexity index is 1350. The number of methoxy groups -OCH3 is 1. The summed E-state index contributed by atoms with van der Waals surface area (Å²) in [5.74, 6) is 0.319. The minimum absolute atomic E-state index is 0.177. The number of thioether (sulfide) groups is 1. The van der Waals surface area contributed by atoms with Crippen LogP contribution in [0.2, 0.25) is 0 Å². The molecule has 0 aliphatic rings. The van der Waals surface area contributed by atoms with E-state index in [2.05, 4.69) is 15.7 Å². The highest BCUT2D eigenvalue weighted by molar-refractivity contribution is 8.01. The van der Waals surface area contributed by atoms with Gasteiger partial charge in [-0.05, 0) is 60.7 Å². The van der Waals surface area contributed by atoms with Gasteiger partial charge in [-0.2, -0.15) is 0 Å². The van der Waals surface area contributed by atoms with Crippen molar-refractivity contribution in [1.82, 2.24) is 9.78 Å². The Balaban J connectivity index is 1.32. The molecule has 1 heterocycles. The predicted octanol–water partition coefficient (Wildman–Crippen LogP) is 5.65. The van der Waals surface area contributed by atoms with Crippen molar-refractivity contribution < 1.29 is 14.3 Å². The second-order valence-electron chi connectivity index (χ2n) is 6.95. The standard InChI is InChI=1S/C24H20N4O3S3/c1-31-20-10-6-5-9-19(20)26-22(30)16-11-13-17(14-12-16)25-21(29)15-33-23-27-28(24(32)34-23)18-7-3-2-4-8-18/h2-14H,15H2,1H3,(H,25,29)(H,26,30). The van der Waals surface area contributed by atoms with Gasteiger partial charge in [-0.3, -0.25) is 9.59 Å². The molecule has 0 atom stereocenters. The van der Waals surface area contributed by atoms with Crippen LogP contribution in [0.25, 0.3) is 5.69 Å². The number of ether oxygens (including phenoxy) is 1. The van der Waals surface area contributed by atoms with E-state index >= 15 is 0 Å². The lowest BCUT2D eigenvalue weighted by atomic mass is 10.2. The van der Waals surface area contributed by atoms with Crippen LogP contribution in [0, 0.1) is 3.95 Å². The first-order valence-electron chi connectivity index (χ1n) is 10.2. The minimum atomic E-state index is -0.270. The van der Waals surface area contributed by atoms with Gasteiger partial charge < -0.3 is 15.4 Å². The number of hydrogen-bond donors (Lipinski definition) is 2. The van der Waals surface area contributed by atoms with Crippen LogP contribution in [0.15, 0.2) is 83.2 Å². The molecule has 10 heteroatoms. The Kier molecular flexibility index (Phi) is 7.73. The van der Waals surface area contributed by atoms with E-state index in [0.29, 0.717) is 31.0 Å². The van der Waals surface area contributed by atoms with Crippen molar-refractivity contribution in [2.45, 2.75) is 4.34 Å². The molecule has 34 heavy (non-hydrogen) atoms. The van der Waals surface area contributed by atoms with E-state index in [1.165, 1.54) is 23.1 Å². The third-order valence-corrected chi connectivity index (χ3v) is 7.01. The van der Waals surface area contributed by atoms with Gasteiger partial charge in [0.05, 0.1) is 24.2 Å². The van der Waals surface area contributed by atoms with Gasteiger partial charge in [0.15, 0.2) is 8.29 Å². The number of benzene rings is 3. The van der Waals surface area contributed by atoms with Gasteiger partial charge in [0, 0.05) is 11.3 Å². The van der Waals surface area contributed by atoms with Crippen LogP contribution in [0.1, 0.15) is 10.4 Å². The van der Waals surface area contributed by atoms with Gasteiger partial charge in [0.2, 0.25) is 5.91 Å². The summed E-state index contributed by atoms with van der Waals surface area (Å²) in [5.41, 5.74) is 2.53. The molecule has 4 rings (SSSR count). The molecule has 0 unspecified atom stereocenters. The Morgan fingerprint density at radius 1 is 1.00 bits per heavy atom. The van der Waals surface area contributed by atoms with Crippen molar-refractivity contribution in [3.8, 4) is 11.4 Å². The lowest BCUT2D eigenvalue weighted by Crippen LogP contribution is -2.15. The molecule has 0 saturated heterocycles. The molecule has 4 aromatic rings. The molecule has 2 amide bonds. The van der Waals surface area contributed by atoms with Crippen molar-refractivity contribution in [2.24, 2.45) is 0 Å². The molecule has 1 aromatic heterocycles. The largest absolute Gasteiger partial charge is 0.495 e. The van der Waals surface area contributed by atoms with Crippen LogP contribution in [0.4, 0.5) is 11.4 Å². The summed E-state index contributed by atoms with van der Waals surface area (Å²) in [6, 6.07) is 23.5. The molecule has 0 saturated carbocycles. The molecule has 7 nitrogen and oxygen atoms in total. The maximum Gasteiger partial charge on any atom is 0.255 e. The molecule has 172 valence electrons. The van der Waals surface area contributed by atoms with E-state index in [4.69, 9.17) is 17.0 Å². The number of rotatable bonds is 8. The van der Waals surface area contributed by atoms with Gasteiger partial charge in [-0.25, -0.2) is 4.68 Å². The second-order valence-corrected chi connectivity index (χ2v) is 9.79. The van der Waals surface area contributed by atoms with Gasteiger partial charge in [-0.15, -0.1) is 5.10 Å². The third kappa shape index (κ3) is 5.90. The van der Waals surface area contributed by atoms with E-state index in [0.717, 1.165) is 5.69 Å². The average Bonchev–Trinajstić information content (AvgIpc) is 3.24. The summed E-state index contributed by atoms with van der Waals surface area (Å²) in [6.07, 6.45) is 0. The fourth-order valence-corrected chi connectivity index (χ4v) is 5.18. The summed E-state index contributed by atoms with van der Waals surface area (Å²) in [6.45, 7) is 0. The van der Waals surface area contributed by atoms with Crippen molar-refractivity contribution >= 4 is 58.5 Å². The quantitative estimate of drug-likeness (QED) is 0.236. The van der Waals surface area contributed by atoms with Crippen LogP contribution in [-0.4, -0.2) is 34.5 Å². The Morgan fingerprint density at radius 3 is 2.44 bits per heavy atom. The van der Waals surface area contributed by atoms with E-state index in [-0.39, 0.29) is 17.6 Å². The van der Waals surface area contributed by atoms with E-state index in [1.807, 2.05) is 42.5 Å². The number of amides is 2. The highest BCUT2D eigenvalue weighted by atomic mass is 32.2. The third-order valence-electron chi connectivity index (χ3n) is 4.64. The van der Waals surface area contributed by atoms with Gasteiger partial charge in [0.1, 0.15) is 5.75 Å². The first-order chi connectivity index (χ1) is 16.5. The van der Waals surface area contributed by atoms with Crippen molar-refractivity contribution in [3.05, 3.63) is 88.4 Å². The molecule has 0 aliphatic heterocycles. The highest BCUT2D eigenvalue weighted by Gasteiger charge is 2.12. The smallest absolute Gasteiger partial charge is 0.255 e. The predicted molar refractivity (Wildman–Crippen MR) is 139 cm³/mol. The van der Waals surface area contributed by atoms with E-state index < -0.39 is 0 Å². The Hall–Kier alpha value is -3.47. The SMILES string of the molecule is COc1ccccc1NC(=O)c1ccc(NC(=O)CSc2nn(-c3ccccc3)c(=S)s2)cc1. The molecule has 0 radical (unpaired) electrons. The summed E-state index contributed by atoms with van der Waals surface area (Å²) >= 11 is 8.08. The molecule has 2 N–H and O–H groups in total. The van der Waals surface area contributed by atoms with Crippen molar-refractivity contribution in [3.63, 3.8) is 0 Å². The van der Waals surface area contributed by atoms with Crippen LogP contribution < -0.4 is 15.4 Å². The highest BCUT2D eigenvalue weighted by Crippen LogP contribution is 2.25. The van der Waals surface area contributed by atoms with Crippen LogP contribution in [-0.2, 0) is 4.79 Å². The maximum absolute atomic E-state index is 12.5. The number of nitrogens with one attached hydrogen (secondary N) is 2. The second kappa shape index (κ2) is 11.1. The summed E-state index contributed by atoms with van der Waals surface area (Å²) in [7, 11) is 1.55. The van der Waals surface area contributed by atoms with Crippen LogP contribution in [0.5, 0.6) is 5.75 Å². The first-order valence-corrected chi connectivity index (χ1v) is 12.4. The average molecular weight is 509 g/mol. The lowest BCUT2D eigenvalue weighted by molar-refractivity contribution is -0.113. The fourth-order valence-electron chi connectivity index (χ4n) is 3.02. The summed E-state index contributed by atoms with van der Waals surface area (Å²) in [5, 5.41) is 10.2. The number of aromatic nitrogens is 2. The molecule has 0 aliphatic carbocycles. The number of anilines is 2. The zero-order chi connectivity index (χ0) is 23.9. The molecule has 0 fully saturated rings. The number of carbonyl (C=O) groups excluding carboxylic acids is 2. The molecule has 3 aromatic carbocycles. The number of nitrogens with zero attached hydrogens (tertiary/aromatic N) is 2. The van der Waals surface area contributed by atoms with E-state index in [9.17, 15) is 9.59 Å². The Labute approximate surface area is 209 Å². The van der Waals surface area contributed by atoms with Gasteiger partial charge >= 0.3 is 0 Å². The summed E-state index contributed by atoms with van der Waals surface area (Å²) in [4.78, 5) is 24.9. The van der Waals surface area contributed by atoms with Gasteiger partial charge in [0.25, 0.3) is 5.91 Å². The van der Waals surface area contributed by atoms with Gasteiger partial charge in [-0.1, -0.05) is 53.4 Å². The molecule has 0 spiro atoms. The molecular weight excluding hydrogens is 488 g/mol. The maximum atomic E-state index is 12.5. The minimum Gasteiger partial charge on any atom is -0.495 e. The van der Waals surface area contributed by atoms with E-state index in [1.54, 1.807) is 48.2 Å². The fraction of sp³-hybridized carbons (Fsp3) is 0.0833. The zero-order valence-corrected chi connectivity index (χ0v) is 20.5.